The summed E-state index contributed by atoms with van der Waals surface area (Å²) >= 11 is 0. The minimum atomic E-state index is -0.274. The number of nitrogens with two attached hydrogens (primary N) is 1. The molecule has 0 spiro atoms. The van der Waals surface area contributed by atoms with Crippen LogP contribution in [0.1, 0.15) is 40.5 Å². The first kappa shape index (κ1) is 24.2. The molecule has 3 aromatic rings. The molecule has 0 aliphatic carbocycles. The Kier molecular flexibility index (Phi) is 8.36. The molecule has 0 saturated heterocycles. The van der Waals surface area contributed by atoms with Crippen molar-refractivity contribution < 1.29 is 9.59 Å². The highest BCUT2D eigenvalue weighted by molar-refractivity contribution is 6.00. The maximum Gasteiger partial charge on any atom is 0.230 e. The molecule has 0 aliphatic heterocycles. The van der Waals surface area contributed by atoms with Crippen LogP contribution in [0.5, 0.6) is 0 Å². The number of nitrogens with zero attached hydrogens (tertiary/aromatic N) is 3. The lowest BCUT2D eigenvalue weighted by atomic mass is 9.93. The average Bonchev–Trinajstić information content (AvgIpc) is 3.23. The fourth-order valence-corrected chi connectivity index (χ4v) is 3.80. The Morgan fingerprint density at radius 2 is 1.91 bits per heavy atom. The number of benzene rings is 2. The number of H-pyrrole nitrogens is 1. The lowest BCUT2D eigenvalue weighted by Crippen LogP contribution is -2.36. The quantitative estimate of drug-likeness (QED) is 0.350. The molecule has 1 amide bonds. The molecule has 3 rings (SSSR count). The summed E-state index contributed by atoms with van der Waals surface area (Å²) in [7, 11) is 4.00. The highest BCUT2D eigenvalue weighted by Gasteiger charge is 2.26. The van der Waals surface area contributed by atoms with Crippen molar-refractivity contribution in [3.05, 3.63) is 65.5 Å². The van der Waals surface area contributed by atoms with Crippen LogP contribution in [0.3, 0.4) is 0 Å². The molecule has 7 nitrogen and oxygen atoms in total. The summed E-state index contributed by atoms with van der Waals surface area (Å²) in [6.45, 7) is 1.49. The molecule has 3 N–H and O–H groups in total. The van der Waals surface area contributed by atoms with Crippen LogP contribution in [-0.4, -0.2) is 65.2 Å². The van der Waals surface area contributed by atoms with Gasteiger partial charge in [-0.1, -0.05) is 30.3 Å². The molecule has 172 valence electrons. The van der Waals surface area contributed by atoms with Crippen LogP contribution >= 0.6 is 0 Å². The summed E-state index contributed by atoms with van der Waals surface area (Å²) in [5, 5.41) is 0. The summed E-state index contributed by atoms with van der Waals surface area (Å²) in [5.74, 6) is 2.90. The van der Waals surface area contributed by atoms with Crippen molar-refractivity contribution >= 4 is 22.7 Å². The van der Waals surface area contributed by atoms with Crippen LogP contribution in [0.2, 0.25) is 0 Å². The second-order valence-electron chi connectivity index (χ2n) is 8.31. The van der Waals surface area contributed by atoms with Crippen LogP contribution in [0.4, 0.5) is 0 Å². The van der Waals surface area contributed by atoms with Gasteiger partial charge in [0.05, 0.1) is 30.0 Å². The Hall–Kier alpha value is -3.47. The summed E-state index contributed by atoms with van der Waals surface area (Å²) < 4.78 is 0. The van der Waals surface area contributed by atoms with Gasteiger partial charge in [0.15, 0.2) is 5.78 Å². The highest BCUT2D eigenvalue weighted by atomic mass is 16.2. The van der Waals surface area contributed by atoms with E-state index in [1.165, 1.54) is 0 Å². The van der Waals surface area contributed by atoms with Crippen LogP contribution in [-0.2, 0) is 11.3 Å². The molecule has 1 unspecified atom stereocenters. The van der Waals surface area contributed by atoms with Crippen molar-refractivity contribution in [3.63, 3.8) is 0 Å². The topological polar surface area (TPSA) is 95.3 Å². The van der Waals surface area contributed by atoms with Gasteiger partial charge in [0.2, 0.25) is 5.91 Å². The Morgan fingerprint density at radius 3 is 2.58 bits per heavy atom. The number of nitrogens with one attached hydrogen (secondary N) is 1. The highest BCUT2D eigenvalue weighted by Crippen LogP contribution is 2.24. The smallest absolute Gasteiger partial charge is 0.230 e. The number of aromatic nitrogens is 2. The molecule has 1 heterocycles. The van der Waals surface area contributed by atoms with Crippen molar-refractivity contribution in [1.29, 1.82) is 0 Å². The summed E-state index contributed by atoms with van der Waals surface area (Å²) in [4.78, 5) is 37.4. The predicted molar refractivity (Wildman–Crippen MR) is 131 cm³/mol. The number of rotatable bonds is 11. The van der Waals surface area contributed by atoms with E-state index in [1.807, 2.05) is 44.4 Å². The zero-order valence-electron chi connectivity index (χ0n) is 19.3. The van der Waals surface area contributed by atoms with Crippen molar-refractivity contribution in [2.24, 2.45) is 5.73 Å². The lowest BCUT2D eigenvalue weighted by Gasteiger charge is -2.27. The number of terminal acetylenes is 1. The van der Waals surface area contributed by atoms with Crippen molar-refractivity contribution in [2.75, 3.05) is 33.7 Å². The maximum atomic E-state index is 13.7. The molecule has 0 radical (unpaired) electrons. The first-order valence-electron chi connectivity index (χ1n) is 11.1. The zero-order valence-corrected chi connectivity index (χ0v) is 19.3. The summed E-state index contributed by atoms with van der Waals surface area (Å²) in [6, 6.07) is 15.1. The second kappa shape index (κ2) is 11.4. The number of imidazole rings is 1. The molecule has 1 aromatic heterocycles. The SMILES string of the molecule is C#CCCN(Cc1nc2ccc(C(=O)CN)cc2[nH]1)C(=O)C(CCN(C)C)c1ccccc1. The molecule has 0 bridgehead atoms. The molecule has 0 saturated carbocycles. The number of hydrogen-bond acceptors (Lipinski definition) is 5. The van der Waals surface area contributed by atoms with Gasteiger partial charge in [-0.15, -0.1) is 12.3 Å². The van der Waals surface area contributed by atoms with E-state index in [-0.39, 0.29) is 24.2 Å². The van der Waals surface area contributed by atoms with E-state index < -0.39 is 0 Å². The molecular weight excluding hydrogens is 414 g/mol. The van der Waals surface area contributed by atoms with E-state index in [4.69, 9.17) is 12.2 Å². The monoisotopic (exact) mass is 445 g/mol. The van der Waals surface area contributed by atoms with Gasteiger partial charge in [0, 0.05) is 18.5 Å². The van der Waals surface area contributed by atoms with Crippen LogP contribution in [0, 0.1) is 12.3 Å². The zero-order chi connectivity index (χ0) is 23.8. The number of aromatic amines is 1. The van der Waals surface area contributed by atoms with Crippen LogP contribution in [0.25, 0.3) is 11.0 Å². The number of Topliss-reactive ketones (excluding diaryl/α,β-unsaturated/α-hetero) is 1. The van der Waals surface area contributed by atoms with Gasteiger partial charge in [-0.2, -0.15) is 0 Å². The van der Waals surface area contributed by atoms with Gasteiger partial charge in [-0.05, 0) is 50.8 Å². The van der Waals surface area contributed by atoms with Crippen LogP contribution < -0.4 is 5.73 Å². The van der Waals surface area contributed by atoms with Crippen LogP contribution in [0.15, 0.2) is 48.5 Å². The summed E-state index contributed by atoms with van der Waals surface area (Å²) in [5.41, 5.74) is 8.47. The molecule has 0 aliphatic rings. The third kappa shape index (κ3) is 6.28. The standard InChI is InChI=1S/C26H31N5O2/c1-4-5-14-31(26(33)21(13-15-30(2)3)19-9-7-6-8-10-19)18-25-28-22-12-11-20(24(32)17-27)16-23(22)29-25/h1,6-12,16,21H,5,13-15,17-18,27H2,2-3H3,(H,28,29). The van der Waals surface area contributed by atoms with Gasteiger partial charge < -0.3 is 20.5 Å². The fraction of sp³-hybridized carbons (Fsp3) is 0.346. The number of ketones is 1. The molecule has 2 aromatic carbocycles. The lowest BCUT2D eigenvalue weighted by molar-refractivity contribution is -0.133. The second-order valence-corrected chi connectivity index (χ2v) is 8.31. The molecule has 33 heavy (non-hydrogen) atoms. The molecule has 1 atom stereocenters. The van der Waals surface area contributed by atoms with E-state index in [0.717, 1.165) is 23.1 Å². The molecule has 7 heteroatoms. The number of hydrogen-bond donors (Lipinski definition) is 2. The first-order valence-corrected chi connectivity index (χ1v) is 11.1. The number of fused-ring (bicyclic) bond motifs is 1. The first-order chi connectivity index (χ1) is 15.9. The maximum absolute atomic E-state index is 13.7. The van der Waals surface area contributed by atoms with Gasteiger partial charge in [0.1, 0.15) is 5.82 Å². The molecular formula is C26H31N5O2. The average molecular weight is 446 g/mol. The number of carbonyl (C=O) groups excluding carboxylic acids is 2. The Bertz CT molecular complexity index is 1130. The van der Waals surface area contributed by atoms with Gasteiger partial charge in [0.25, 0.3) is 0 Å². The molecule has 0 fully saturated rings. The third-order valence-corrected chi connectivity index (χ3v) is 5.58. The minimum Gasteiger partial charge on any atom is -0.340 e. The van der Waals surface area contributed by atoms with E-state index in [0.29, 0.717) is 37.3 Å². The van der Waals surface area contributed by atoms with Crippen molar-refractivity contribution in [2.45, 2.75) is 25.3 Å². The van der Waals surface area contributed by atoms with E-state index in [9.17, 15) is 9.59 Å². The Balaban J connectivity index is 1.87. The third-order valence-electron chi connectivity index (χ3n) is 5.58. The predicted octanol–water partition coefficient (Wildman–Crippen LogP) is 2.79. The fourth-order valence-electron chi connectivity index (χ4n) is 3.80. The van der Waals surface area contributed by atoms with E-state index in [1.54, 1.807) is 23.1 Å². The van der Waals surface area contributed by atoms with Gasteiger partial charge >= 0.3 is 0 Å². The van der Waals surface area contributed by atoms with E-state index in [2.05, 4.69) is 20.8 Å². The minimum absolute atomic E-state index is 0.0257. The Labute approximate surface area is 195 Å². The Morgan fingerprint density at radius 1 is 1.15 bits per heavy atom. The largest absolute Gasteiger partial charge is 0.340 e. The normalized spacial score (nSPS) is 12.0. The van der Waals surface area contributed by atoms with Crippen molar-refractivity contribution in [1.82, 2.24) is 19.8 Å². The summed E-state index contributed by atoms with van der Waals surface area (Å²) in [6.07, 6.45) is 6.67. The number of carbonyl (C=O) groups is 2. The van der Waals surface area contributed by atoms with Gasteiger partial charge in [-0.3, -0.25) is 9.59 Å². The van der Waals surface area contributed by atoms with Gasteiger partial charge in [-0.25, -0.2) is 4.98 Å². The number of amides is 1. The van der Waals surface area contributed by atoms with Crippen molar-refractivity contribution in [3.8, 4) is 12.3 Å². The van der Waals surface area contributed by atoms with E-state index >= 15 is 0 Å².